The van der Waals surface area contributed by atoms with Crippen molar-refractivity contribution in [2.75, 3.05) is 7.05 Å². The van der Waals surface area contributed by atoms with Crippen molar-refractivity contribution in [3.05, 3.63) is 65.0 Å². The van der Waals surface area contributed by atoms with Crippen LogP contribution in [0.2, 0.25) is 0 Å². The van der Waals surface area contributed by atoms with E-state index in [0.29, 0.717) is 11.3 Å². The molecule has 0 radical (unpaired) electrons. The average molecular weight is 323 g/mol. The molecule has 1 aromatic heterocycles. The van der Waals surface area contributed by atoms with Gasteiger partial charge in [0.05, 0.1) is 0 Å². The molecular formula is C19H21N3O2. The molecule has 2 N–H and O–H groups in total. The summed E-state index contributed by atoms with van der Waals surface area (Å²) in [6.07, 6.45) is 2.04. The van der Waals surface area contributed by atoms with Gasteiger partial charge in [-0.3, -0.25) is 9.59 Å². The van der Waals surface area contributed by atoms with Crippen molar-refractivity contribution in [3.8, 4) is 0 Å². The first-order valence-corrected chi connectivity index (χ1v) is 8.18. The molecule has 1 aromatic carbocycles. The van der Waals surface area contributed by atoms with Crippen LogP contribution in [0, 0.1) is 0 Å². The van der Waals surface area contributed by atoms with Gasteiger partial charge in [-0.05, 0) is 30.5 Å². The highest BCUT2D eigenvalue weighted by Crippen LogP contribution is 2.24. The van der Waals surface area contributed by atoms with E-state index in [-0.39, 0.29) is 29.5 Å². The van der Waals surface area contributed by atoms with Crippen LogP contribution in [0.15, 0.2) is 42.5 Å². The zero-order valence-electron chi connectivity index (χ0n) is 13.9. The molecule has 2 amide bonds. The maximum atomic E-state index is 12.4. The van der Waals surface area contributed by atoms with Crippen LogP contribution in [0.4, 0.5) is 0 Å². The minimum absolute atomic E-state index is 0.0109. The molecule has 0 aliphatic heterocycles. The monoisotopic (exact) mass is 323 g/mol. The lowest BCUT2D eigenvalue weighted by molar-refractivity contribution is 0.0951. The topological polar surface area (TPSA) is 71.1 Å². The molecule has 1 heterocycles. The molecule has 1 aliphatic rings. The van der Waals surface area contributed by atoms with Crippen LogP contribution >= 0.6 is 0 Å². The second-order valence-electron chi connectivity index (χ2n) is 6.13. The fourth-order valence-corrected chi connectivity index (χ4v) is 2.56. The summed E-state index contributed by atoms with van der Waals surface area (Å²) in [6, 6.07) is 13.5. The second kappa shape index (κ2) is 6.83. The molecule has 0 unspecified atom stereocenters. The van der Waals surface area contributed by atoms with Crippen molar-refractivity contribution in [1.29, 1.82) is 0 Å². The Hall–Kier alpha value is -2.69. The van der Waals surface area contributed by atoms with E-state index in [1.165, 1.54) is 0 Å². The van der Waals surface area contributed by atoms with Gasteiger partial charge >= 0.3 is 0 Å². The van der Waals surface area contributed by atoms with Gasteiger partial charge in [-0.1, -0.05) is 37.3 Å². The second-order valence-corrected chi connectivity index (χ2v) is 6.13. The van der Waals surface area contributed by atoms with E-state index in [9.17, 15) is 9.59 Å². The lowest BCUT2D eigenvalue weighted by Crippen LogP contribution is -2.27. The zero-order chi connectivity index (χ0) is 17.1. The van der Waals surface area contributed by atoms with Crippen molar-refractivity contribution in [2.24, 2.45) is 0 Å². The highest BCUT2D eigenvalue weighted by molar-refractivity contribution is 5.98. The van der Waals surface area contributed by atoms with Gasteiger partial charge < -0.3 is 10.6 Å². The number of amides is 2. The van der Waals surface area contributed by atoms with Crippen LogP contribution < -0.4 is 10.6 Å². The number of benzene rings is 1. The zero-order valence-corrected chi connectivity index (χ0v) is 13.9. The van der Waals surface area contributed by atoms with Gasteiger partial charge in [0.25, 0.3) is 11.8 Å². The summed E-state index contributed by atoms with van der Waals surface area (Å²) < 4.78 is 0. The Labute approximate surface area is 141 Å². The van der Waals surface area contributed by atoms with E-state index in [4.69, 9.17) is 0 Å². The highest BCUT2D eigenvalue weighted by Gasteiger charge is 2.25. The smallest absolute Gasteiger partial charge is 0.269 e. The standard InChI is InChI=1S/C19H21N3O2/c1-12(13-6-4-3-5-7-13)16-10-14(18(23)21-15-8-9-15)11-17(22-16)19(24)20-2/h3-7,10-12,15H,8-9H2,1-2H3,(H,20,24)(H,21,23)/t12-/m1/s1. The average Bonchev–Trinajstić information content (AvgIpc) is 3.44. The number of hydrogen-bond donors (Lipinski definition) is 2. The van der Waals surface area contributed by atoms with Crippen molar-refractivity contribution in [1.82, 2.24) is 15.6 Å². The number of rotatable bonds is 5. The Morgan fingerprint density at radius 1 is 1.12 bits per heavy atom. The Morgan fingerprint density at radius 2 is 1.83 bits per heavy atom. The van der Waals surface area contributed by atoms with Gasteiger partial charge in [0.15, 0.2) is 0 Å². The molecule has 124 valence electrons. The molecule has 3 rings (SSSR count). The SMILES string of the molecule is CNC(=O)c1cc(C(=O)NC2CC2)cc([C@H](C)c2ccccc2)n1. The van der Waals surface area contributed by atoms with Gasteiger partial charge in [-0.15, -0.1) is 0 Å². The summed E-state index contributed by atoms with van der Waals surface area (Å²) >= 11 is 0. The van der Waals surface area contributed by atoms with E-state index < -0.39 is 0 Å². The minimum Gasteiger partial charge on any atom is -0.354 e. The van der Waals surface area contributed by atoms with Gasteiger partial charge in [0.1, 0.15) is 5.69 Å². The summed E-state index contributed by atoms with van der Waals surface area (Å²) in [7, 11) is 1.56. The molecule has 0 bridgehead atoms. The first kappa shape index (κ1) is 16.2. The lowest BCUT2D eigenvalue weighted by Gasteiger charge is -2.14. The van der Waals surface area contributed by atoms with Crippen molar-refractivity contribution in [3.63, 3.8) is 0 Å². The van der Waals surface area contributed by atoms with Gasteiger partial charge in [0.2, 0.25) is 0 Å². The molecule has 0 saturated heterocycles. The number of carbonyl (C=O) groups is 2. The molecule has 2 aromatic rings. The van der Waals surface area contributed by atoms with Crippen LogP contribution in [0.3, 0.4) is 0 Å². The third-order valence-electron chi connectivity index (χ3n) is 4.22. The molecule has 24 heavy (non-hydrogen) atoms. The molecule has 5 heteroatoms. The summed E-state index contributed by atoms with van der Waals surface area (Å²) in [5.41, 5.74) is 2.54. The molecule has 1 aliphatic carbocycles. The Balaban J connectivity index is 1.97. The van der Waals surface area contributed by atoms with Crippen molar-refractivity contribution >= 4 is 11.8 Å². The number of nitrogens with one attached hydrogen (secondary N) is 2. The third-order valence-corrected chi connectivity index (χ3v) is 4.22. The van der Waals surface area contributed by atoms with Crippen LogP contribution in [0.5, 0.6) is 0 Å². The molecule has 0 spiro atoms. The molecule has 1 fully saturated rings. The summed E-state index contributed by atoms with van der Waals surface area (Å²) in [5, 5.41) is 5.54. The number of hydrogen-bond acceptors (Lipinski definition) is 3. The van der Waals surface area contributed by atoms with Gasteiger partial charge in [-0.25, -0.2) is 4.98 Å². The number of carbonyl (C=O) groups excluding carboxylic acids is 2. The predicted molar refractivity (Wildman–Crippen MR) is 92.1 cm³/mol. The molecule has 1 atom stereocenters. The number of aromatic nitrogens is 1. The third kappa shape index (κ3) is 3.62. The lowest BCUT2D eigenvalue weighted by atomic mass is 9.96. The largest absolute Gasteiger partial charge is 0.354 e. The molecular weight excluding hydrogens is 302 g/mol. The van der Waals surface area contributed by atoms with Crippen LogP contribution in [0.25, 0.3) is 0 Å². The van der Waals surface area contributed by atoms with E-state index in [1.54, 1.807) is 19.2 Å². The summed E-state index contributed by atoms with van der Waals surface area (Å²) in [4.78, 5) is 28.9. The van der Waals surface area contributed by atoms with Crippen LogP contribution in [-0.4, -0.2) is 29.9 Å². The van der Waals surface area contributed by atoms with Gasteiger partial charge in [-0.2, -0.15) is 0 Å². The fraction of sp³-hybridized carbons (Fsp3) is 0.316. The highest BCUT2D eigenvalue weighted by atomic mass is 16.2. The van der Waals surface area contributed by atoms with Crippen molar-refractivity contribution < 1.29 is 9.59 Å². The first-order chi connectivity index (χ1) is 11.6. The molecule has 5 nitrogen and oxygen atoms in total. The van der Waals surface area contributed by atoms with E-state index >= 15 is 0 Å². The fourth-order valence-electron chi connectivity index (χ4n) is 2.56. The normalized spacial score (nSPS) is 14.8. The maximum absolute atomic E-state index is 12.4. The van der Waals surface area contributed by atoms with Crippen LogP contribution in [0.1, 0.15) is 57.8 Å². The summed E-state index contributed by atoms with van der Waals surface area (Å²) in [6.45, 7) is 2.02. The predicted octanol–water partition coefficient (Wildman–Crippen LogP) is 2.49. The van der Waals surface area contributed by atoms with E-state index in [2.05, 4.69) is 15.6 Å². The van der Waals surface area contributed by atoms with E-state index in [1.807, 2.05) is 37.3 Å². The maximum Gasteiger partial charge on any atom is 0.269 e. The Kier molecular flexibility index (Phi) is 4.60. The first-order valence-electron chi connectivity index (χ1n) is 8.18. The van der Waals surface area contributed by atoms with Gasteiger partial charge in [0, 0.05) is 30.3 Å². The van der Waals surface area contributed by atoms with Crippen molar-refractivity contribution in [2.45, 2.75) is 31.7 Å². The Bertz CT molecular complexity index is 754. The van der Waals surface area contributed by atoms with E-state index in [0.717, 1.165) is 18.4 Å². The minimum atomic E-state index is -0.294. The quantitative estimate of drug-likeness (QED) is 0.888. The Morgan fingerprint density at radius 3 is 2.46 bits per heavy atom. The number of nitrogens with zero attached hydrogens (tertiary/aromatic N) is 1. The molecule has 1 saturated carbocycles. The number of pyridine rings is 1. The van der Waals surface area contributed by atoms with Crippen LogP contribution in [-0.2, 0) is 0 Å². The summed E-state index contributed by atoms with van der Waals surface area (Å²) in [5.74, 6) is -0.451.